The van der Waals surface area contributed by atoms with Gasteiger partial charge in [0.05, 0.1) is 18.5 Å². The lowest BCUT2D eigenvalue weighted by molar-refractivity contribution is -0.144. The predicted octanol–water partition coefficient (Wildman–Crippen LogP) is 2.84. The Bertz CT molecular complexity index is 539. The molecule has 2 N–H and O–H groups in total. The maximum atomic E-state index is 12.1. The number of hydrogen-bond acceptors (Lipinski definition) is 3. The van der Waals surface area contributed by atoms with Crippen LogP contribution in [0.3, 0.4) is 0 Å². The number of likely N-dealkylation sites (tertiary alicyclic amines) is 1. The summed E-state index contributed by atoms with van der Waals surface area (Å²) in [6.45, 7) is 3.43. The third kappa shape index (κ3) is 6.12. The molecular formula is C16H22BrClN2O3. The lowest BCUT2D eigenvalue weighted by atomic mass is 9.98. The van der Waals surface area contributed by atoms with Crippen molar-refractivity contribution < 1.29 is 14.7 Å². The van der Waals surface area contributed by atoms with Gasteiger partial charge in [0, 0.05) is 11.0 Å². The Hall–Kier alpha value is -1.11. The molecular weight excluding hydrogens is 384 g/mol. The van der Waals surface area contributed by atoms with Crippen LogP contribution < -0.4 is 5.32 Å². The van der Waals surface area contributed by atoms with E-state index in [0.29, 0.717) is 13.0 Å². The van der Waals surface area contributed by atoms with E-state index >= 15 is 0 Å². The Morgan fingerprint density at radius 1 is 1.39 bits per heavy atom. The zero-order chi connectivity index (χ0) is 16.1. The summed E-state index contributed by atoms with van der Waals surface area (Å²) < 4.78 is 1.00. The van der Waals surface area contributed by atoms with E-state index in [9.17, 15) is 9.59 Å². The van der Waals surface area contributed by atoms with Crippen molar-refractivity contribution in [2.45, 2.75) is 25.8 Å². The summed E-state index contributed by atoms with van der Waals surface area (Å²) in [6.07, 6.45) is 1.52. The molecule has 0 aliphatic carbocycles. The Labute approximate surface area is 151 Å². The highest BCUT2D eigenvalue weighted by atomic mass is 79.9. The van der Waals surface area contributed by atoms with Gasteiger partial charge in [-0.15, -0.1) is 12.4 Å². The fourth-order valence-electron chi connectivity index (χ4n) is 2.73. The van der Waals surface area contributed by atoms with Crippen LogP contribution in [0.15, 0.2) is 28.7 Å². The minimum atomic E-state index is -0.770. The molecule has 5 nitrogen and oxygen atoms in total. The third-order valence-electron chi connectivity index (χ3n) is 3.97. The molecule has 2 rings (SSSR count). The number of carboxylic acids is 1. The van der Waals surface area contributed by atoms with Crippen LogP contribution in [-0.2, 0) is 9.59 Å². The van der Waals surface area contributed by atoms with Crippen molar-refractivity contribution in [1.29, 1.82) is 0 Å². The lowest BCUT2D eigenvalue weighted by Gasteiger charge is -2.30. The van der Waals surface area contributed by atoms with Crippen LogP contribution in [0.5, 0.6) is 0 Å². The summed E-state index contributed by atoms with van der Waals surface area (Å²) in [5, 5.41) is 12.0. The van der Waals surface area contributed by atoms with Crippen molar-refractivity contribution in [1.82, 2.24) is 10.2 Å². The average molecular weight is 406 g/mol. The number of hydrogen-bond donors (Lipinski definition) is 2. The molecule has 1 heterocycles. The number of carbonyl (C=O) groups excluding carboxylic acids is 1. The van der Waals surface area contributed by atoms with E-state index in [4.69, 9.17) is 5.11 Å². The molecule has 2 atom stereocenters. The summed E-state index contributed by atoms with van der Waals surface area (Å²) in [5.74, 6) is -1.19. The zero-order valence-corrected chi connectivity index (χ0v) is 15.4. The van der Waals surface area contributed by atoms with E-state index < -0.39 is 5.97 Å². The summed E-state index contributed by atoms with van der Waals surface area (Å²) >= 11 is 3.39. The standard InChI is InChI=1S/C16H21BrN2O3.ClH/c1-11(12-4-6-14(17)7-5-12)18-15(20)10-19-8-2-3-13(9-19)16(21)22;/h4-7,11,13H,2-3,8-10H2,1H3,(H,18,20)(H,21,22);1H. The summed E-state index contributed by atoms with van der Waals surface area (Å²) in [7, 11) is 0. The van der Waals surface area contributed by atoms with Gasteiger partial charge in [-0.3, -0.25) is 14.5 Å². The molecule has 1 aliphatic rings. The summed E-state index contributed by atoms with van der Waals surface area (Å²) in [5.41, 5.74) is 1.04. The highest BCUT2D eigenvalue weighted by molar-refractivity contribution is 9.10. The van der Waals surface area contributed by atoms with E-state index in [1.54, 1.807) is 0 Å². The Balaban J connectivity index is 0.00000264. The molecule has 1 amide bonds. The molecule has 0 radical (unpaired) electrons. The van der Waals surface area contributed by atoms with Gasteiger partial charge in [-0.25, -0.2) is 0 Å². The van der Waals surface area contributed by atoms with Gasteiger partial charge in [-0.2, -0.15) is 0 Å². The number of halogens is 2. The highest BCUT2D eigenvalue weighted by Gasteiger charge is 2.26. The first-order valence-electron chi connectivity index (χ1n) is 7.45. The highest BCUT2D eigenvalue weighted by Crippen LogP contribution is 2.18. The molecule has 0 bridgehead atoms. The Morgan fingerprint density at radius 2 is 2.04 bits per heavy atom. The normalized spacial score (nSPS) is 19.5. The van der Waals surface area contributed by atoms with Gasteiger partial charge in [-0.1, -0.05) is 28.1 Å². The first-order valence-corrected chi connectivity index (χ1v) is 8.25. The summed E-state index contributed by atoms with van der Waals surface area (Å²) in [6, 6.07) is 7.76. The van der Waals surface area contributed by atoms with Crippen molar-refractivity contribution in [2.75, 3.05) is 19.6 Å². The number of carbonyl (C=O) groups is 2. The number of benzene rings is 1. The van der Waals surface area contributed by atoms with Crippen LogP contribution in [-0.4, -0.2) is 41.5 Å². The number of aliphatic carboxylic acids is 1. The summed E-state index contributed by atoms with van der Waals surface area (Å²) in [4.78, 5) is 25.1. The second-order valence-corrected chi connectivity index (χ2v) is 6.67. The van der Waals surface area contributed by atoms with Gasteiger partial charge in [0.25, 0.3) is 0 Å². The first kappa shape index (κ1) is 19.9. The fourth-order valence-corrected chi connectivity index (χ4v) is 2.99. The maximum absolute atomic E-state index is 12.1. The molecule has 1 saturated heterocycles. The second-order valence-electron chi connectivity index (χ2n) is 5.75. The Morgan fingerprint density at radius 3 is 2.65 bits per heavy atom. The molecule has 1 aromatic carbocycles. The number of piperidine rings is 1. The van der Waals surface area contributed by atoms with Crippen molar-refractivity contribution >= 4 is 40.2 Å². The average Bonchev–Trinajstić information content (AvgIpc) is 2.47. The number of nitrogens with one attached hydrogen (secondary N) is 1. The Kier molecular flexibility index (Phi) is 8.02. The molecule has 23 heavy (non-hydrogen) atoms. The van der Waals surface area contributed by atoms with Gasteiger partial charge in [0.1, 0.15) is 0 Å². The van der Waals surface area contributed by atoms with Crippen molar-refractivity contribution in [3.63, 3.8) is 0 Å². The number of nitrogens with zero attached hydrogens (tertiary/aromatic N) is 1. The molecule has 0 saturated carbocycles. The topological polar surface area (TPSA) is 69.6 Å². The zero-order valence-electron chi connectivity index (χ0n) is 13.0. The fraction of sp³-hybridized carbons (Fsp3) is 0.500. The molecule has 7 heteroatoms. The van der Waals surface area contributed by atoms with E-state index in [1.165, 1.54) is 0 Å². The molecule has 128 valence electrons. The molecule has 1 aliphatic heterocycles. The minimum absolute atomic E-state index is 0. The second kappa shape index (κ2) is 9.25. The van der Waals surface area contributed by atoms with Crippen LogP contribution in [0, 0.1) is 5.92 Å². The number of carboxylic acid groups (broad SMARTS) is 1. The maximum Gasteiger partial charge on any atom is 0.307 e. The van der Waals surface area contributed by atoms with Gasteiger partial charge < -0.3 is 10.4 Å². The smallest absolute Gasteiger partial charge is 0.307 e. The van der Waals surface area contributed by atoms with Crippen LogP contribution in [0.1, 0.15) is 31.4 Å². The lowest BCUT2D eigenvalue weighted by Crippen LogP contribution is -2.44. The van der Waals surface area contributed by atoms with Crippen LogP contribution in [0.25, 0.3) is 0 Å². The number of rotatable bonds is 5. The van der Waals surface area contributed by atoms with E-state index in [1.807, 2.05) is 36.1 Å². The van der Waals surface area contributed by atoms with Gasteiger partial charge in [0.2, 0.25) is 5.91 Å². The van der Waals surface area contributed by atoms with Gasteiger partial charge in [0.15, 0.2) is 0 Å². The van der Waals surface area contributed by atoms with Crippen molar-refractivity contribution in [3.05, 3.63) is 34.3 Å². The van der Waals surface area contributed by atoms with E-state index in [-0.39, 0.29) is 36.8 Å². The monoisotopic (exact) mass is 404 g/mol. The van der Waals surface area contributed by atoms with Crippen LogP contribution in [0.2, 0.25) is 0 Å². The molecule has 2 unspecified atom stereocenters. The van der Waals surface area contributed by atoms with Crippen molar-refractivity contribution in [3.8, 4) is 0 Å². The molecule has 1 aromatic rings. The predicted molar refractivity (Wildman–Crippen MR) is 94.7 cm³/mol. The molecule has 0 aromatic heterocycles. The van der Waals surface area contributed by atoms with Gasteiger partial charge >= 0.3 is 5.97 Å². The van der Waals surface area contributed by atoms with Crippen LogP contribution in [0.4, 0.5) is 0 Å². The van der Waals surface area contributed by atoms with E-state index in [0.717, 1.165) is 23.0 Å². The van der Waals surface area contributed by atoms with E-state index in [2.05, 4.69) is 21.2 Å². The molecule has 0 spiro atoms. The minimum Gasteiger partial charge on any atom is -0.481 e. The quantitative estimate of drug-likeness (QED) is 0.790. The first-order chi connectivity index (χ1) is 10.5. The number of amides is 1. The van der Waals surface area contributed by atoms with Crippen LogP contribution >= 0.6 is 28.3 Å². The van der Waals surface area contributed by atoms with Crippen molar-refractivity contribution in [2.24, 2.45) is 5.92 Å². The van der Waals surface area contributed by atoms with Gasteiger partial charge in [-0.05, 0) is 44.0 Å². The SMILES string of the molecule is CC(NC(=O)CN1CCCC(C(=O)O)C1)c1ccc(Br)cc1.Cl. The largest absolute Gasteiger partial charge is 0.481 e. The third-order valence-corrected chi connectivity index (χ3v) is 4.50. The molecule has 1 fully saturated rings.